The van der Waals surface area contributed by atoms with E-state index in [1.807, 2.05) is 58.0 Å². The maximum atomic E-state index is 12.1. The summed E-state index contributed by atoms with van der Waals surface area (Å²) in [5, 5.41) is 3.81. The molecule has 0 unspecified atom stereocenters. The molecule has 0 bridgehead atoms. The number of oxime groups is 1. The topological polar surface area (TPSA) is 67.9 Å². The number of rotatable bonds is 7. The molecular formula is C16H25N3O2. The molecule has 0 fully saturated rings. The Hall–Kier alpha value is -2.04. The van der Waals surface area contributed by atoms with Crippen molar-refractivity contribution in [2.45, 2.75) is 46.2 Å². The number of carbonyl (C=O) groups excluding carboxylic acids is 1. The maximum absolute atomic E-state index is 12.1. The first-order valence-corrected chi connectivity index (χ1v) is 7.21. The van der Waals surface area contributed by atoms with E-state index in [0.29, 0.717) is 12.3 Å². The SMILES string of the molecule is CC(C)N(C(=O)CO/N=C(/N)Cc1ccccc1)C(C)C. The lowest BCUT2D eigenvalue weighted by atomic mass is 10.1. The van der Waals surface area contributed by atoms with Crippen LogP contribution >= 0.6 is 0 Å². The van der Waals surface area contributed by atoms with E-state index in [1.54, 1.807) is 4.90 Å². The monoisotopic (exact) mass is 291 g/mol. The van der Waals surface area contributed by atoms with Crippen LogP contribution in [-0.2, 0) is 16.1 Å². The largest absolute Gasteiger partial charge is 0.384 e. The van der Waals surface area contributed by atoms with E-state index in [9.17, 15) is 4.79 Å². The lowest BCUT2D eigenvalue weighted by molar-refractivity contribution is -0.139. The fourth-order valence-corrected chi connectivity index (χ4v) is 2.25. The third kappa shape index (κ3) is 5.85. The normalized spacial score (nSPS) is 11.8. The first-order valence-electron chi connectivity index (χ1n) is 7.21. The van der Waals surface area contributed by atoms with E-state index in [2.05, 4.69) is 5.16 Å². The van der Waals surface area contributed by atoms with Crippen molar-refractivity contribution < 1.29 is 9.63 Å². The Morgan fingerprint density at radius 3 is 2.29 bits per heavy atom. The number of nitrogens with two attached hydrogens (primary N) is 1. The molecule has 0 radical (unpaired) electrons. The lowest BCUT2D eigenvalue weighted by Gasteiger charge is -2.30. The molecule has 0 spiro atoms. The van der Waals surface area contributed by atoms with E-state index in [-0.39, 0.29) is 24.6 Å². The minimum absolute atomic E-state index is 0.0868. The Balaban J connectivity index is 2.47. The summed E-state index contributed by atoms with van der Waals surface area (Å²) < 4.78 is 0. The standard InChI is InChI=1S/C16H25N3O2/c1-12(2)19(13(3)4)16(20)11-21-18-15(17)10-14-8-6-5-7-9-14/h5-9,12-13H,10-11H2,1-4H3,(H2,17,18). The molecule has 0 aliphatic rings. The van der Waals surface area contributed by atoms with Gasteiger partial charge in [0.15, 0.2) is 6.61 Å². The number of amides is 1. The van der Waals surface area contributed by atoms with Gasteiger partial charge >= 0.3 is 0 Å². The van der Waals surface area contributed by atoms with Crippen LogP contribution in [0.4, 0.5) is 0 Å². The van der Waals surface area contributed by atoms with Crippen molar-refractivity contribution in [1.29, 1.82) is 0 Å². The van der Waals surface area contributed by atoms with Gasteiger partial charge in [-0.2, -0.15) is 0 Å². The van der Waals surface area contributed by atoms with Gasteiger partial charge in [-0.05, 0) is 33.3 Å². The highest BCUT2D eigenvalue weighted by atomic mass is 16.6. The molecule has 1 aromatic carbocycles. The van der Waals surface area contributed by atoms with E-state index in [1.165, 1.54) is 0 Å². The molecule has 0 saturated carbocycles. The average Bonchev–Trinajstić information content (AvgIpc) is 2.38. The molecule has 0 heterocycles. The molecule has 5 nitrogen and oxygen atoms in total. The quantitative estimate of drug-likeness (QED) is 0.475. The zero-order chi connectivity index (χ0) is 15.8. The van der Waals surface area contributed by atoms with Gasteiger partial charge in [-0.1, -0.05) is 35.5 Å². The summed E-state index contributed by atoms with van der Waals surface area (Å²) in [6.07, 6.45) is 0.507. The molecule has 116 valence electrons. The molecule has 0 aliphatic heterocycles. The highest BCUT2D eigenvalue weighted by molar-refractivity contribution is 5.82. The number of nitrogens with zero attached hydrogens (tertiary/aromatic N) is 2. The van der Waals surface area contributed by atoms with Gasteiger partial charge in [0.2, 0.25) is 0 Å². The second-order valence-corrected chi connectivity index (χ2v) is 5.51. The first kappa shape index (κ1) is 17.0. The molecule has 21 heavy (non-hydrogen) atoms. The Morgan fingerprint density at radius 1 is 1.19 bits per heavy atom. The fourth-order valence-electron chi connectivity index (χ4n) is 2.25. The number of amidine groups is 1. The van der Waals surface area contributed by atoms with Gasteiger partial charge in [0.1, 0.15) is 5.84 Å². The van der Waals surface area contributed by atoms with Crippen molar-refractivity contribution in [2.24, 2.45) is 10.9 Å². The van der Waals surface area contributed by atoms with E-state index >= 15 is 0 Å². The van der Waals surface area contributed by atoms with Crippen LogP contribution in [0.5, 0.6) is 0 Å². The molecule has 1 rings (SSSR count). The predicted molar refractivity (Wildman–Crippen MR) is 84.8 cm³/mol. The van der Waals surface area contributed by atoms with Crippen molar-refractivity contribution >= 4 is 11.7 Å². The Labute approximate surface area is 126 Å². The minimum atomic E-state index is -0.0914. The molecule has 1 amide bonds. The van der Waals surface area contributed by atoms with Gasteiger partial charge in [-0.3, -0.25) is 4.79 Å². The molecule has 2 N–H and O–H groups in total. The van der Waals surface area contributed by atoms with Crippen LogP contribution in [0.2, 0.25) is 0 Å². The minimum Gasteiger partial charge on any atom is -0.384 e. The highest BCUT2D eigenvalue weighted by Crippen LogP contribution is 2.06. The van der Waals surface area contributed by atoms with Crippen LogP contribution in [0.15, 0.2) is 35.5 Å². The molecule has 0 saturated heterocycles. The molecule has 0 atom stereocenters. The van der Waals surface area contributed by atoms with Gasteiger partial charge in [0, 0.05) is 18.5 Å². The van der Waals surface area contributed by atoms with Crippen LogP contribution in [0.3, 0.4) is 0 Å². The summed E-state index contributed by atoms with van der Waals surface area (Å²) in [5.74, 6) is 0.269. The lowest BCUT2D eigenvalue weighted by Crippen LogP contribution is -2.43. The van der Waals surface area contributed by atoms with Gasteiger partial charge in [-0.15, -0.1) is 0 Å². The summed E-state index contributed by atoms with van der Waals surface area (Å²) in [7, 11) is 0. The summed E-state index contributed by atoms with van der Waals surface area (Å²) in [5.41, 5.74) is 6.84. The van der Waals surface area contributed by atoms with Gasteiger partial charge in [-0.25, -0.2) is 0 Å². The highest BCUT2D eigenvalue weighted by Gasteiger charge is 2.20. The second kappa shape index (κ2) is 8.29. The number of hydrogen-bond donors (Lipinski definition) is 1. The Morgan fingerprint density at radius 2 is 1.76 bits per heavy atom. The smallest absolute Gasteiger partial charge is 0.263 e. The second-order valence-electron chi connectivity index (χ2n) is 5.51. The van der Waals surface area contributed by atoms with E-state index < -0.39 is 0 Å². The van der Waals surface area contributed by atoms with Crippen molar-refractivity contribution in [3.05, 3.63) is 35.9 Å². The maximum Gasteiger partial charge on any atom is 0.263 e. The molecule has 0 aromatic heterocycles. The summed E-state index contributed by atoms with van der Waals surface area (Å²) >= 11 is 0. The van der Waals surface area contributed by atoms with Crippen molar-refractivity contribution in [2.75, 3.05) is 6.61 Å². The average molecular weight is 291 g/mol. The van der Waals surface area contributed by atoms with Crippen molar-refractivity contribution in [3.63, 3.8) is 0 Å². The Bertz CT molecular complexity index is 462. The third-order valence-corrected chi connectivity index (χ3v) is 3.00. The predicted octanol–water partition coefficient (Wildman–Crippen LogP) is 2.16. The summed E-state index contributed by atoms with van der Waals surface area (Å²) in [6.45, 7) is 7.82. The van der Waals surface area contributed by atoms with E-state index in [0.717, 1.165) is 5.56 Å². The van der Waals surface area contributed by atoms with Crippen LogP contribution in [0.25, 0.3) is 0 Å². The van der Waals surface area contributed by atoms with Crippen LogP contribution in [-0.4, -0.2) is 35.3 Å². The van der Waals surface area contributed by atoms with Crippen molar-refractivity contribution in [3.8, 4) is 0 Å². The number of hydrogen-bond acceptors (Lipinski definition) is 3. The van der Waals surface area contributed by atoms with Crippen LogP contribution in [0, 0.1) is 0 Å². The zero-order valence-corrected chi connectivity index (χ0v) is 13.2. The zero-order valence-electron chi connectivity index (χ0n) is 13.2. The molecule has 1 aromatic rings. The first-order chi connectivity index (χ1) is 9.91. The summed E-state index contributed by atoms with van der Waals surface area (Å²) in [6, 6.07) is 10.0. The van der Waals surface area contributed by atoms with Crippen LogP contribution < -0.4 is 5.73 Å². The van der Waals surface area contributed by atoms with Gasteiger partial charge < -0.3 is 15.5 Å². The number of carbonyl (C=O) groups is 1. The number of benzene rings is 1. The Kier molecular flexibility index (Phi) is 6.72. The fraction of sp³-hybridized carbons (Fsp3) is 0.500. The van der Waals surface area contributed by atoms with Crippen LogP contribution in [0.1, 0.15) is 33.3 Å². The molecule has 0 aliphatic carbocycles. The third-order valence-electron chi connectivity index (χ3n) is 3.00. The van der Waals surface area contributed by atoms with E-state index in [4.69, 9.17) is 10.6 Å². The van der Waals surface area contributed by atoms with Gasteiger partial charge in [0.25, 0.3) is 5.91 Å². The van der Waals surface area contributed by atoms with Crippen molar-refractivity contribution in [1.82, 2.24) is 4.90 Å². The van der Waals surface area contributed by atoms with Gasteiger partial charge in [0.05, 0.1) is 0 Å². The molecule has 5 heteroatoms. The molecular weight excluding hydrogens is 266 g/mol. The summed E-state index contributed by atoms with van der Waals surface area (Å²) in [4.78, 5) is 18.9.